The molecule has 4 heterocycles. The molecule has 1 aliphatic heterocycles. The first-order valence-corrected chi connectivity index (χ1v) is 21.5. The molecule has 21 heteroatoms. The maximum atomic E-state index is 15.6. The molecule has 1 saturated heterocycles. The van der Waals surface area contributed by atoms with Gasteiger partial charge in [0.25, 0.3) is 0 Å². The molecule has 12 nitrogen and oxygen atoms in total. The van der Waals surface area contributed by atoms with Crippen LogP contribution in [0.2, 0.25) is 5.02 Å². The number of anilines is 1. The molecule has 7 rings (SSSR count). The smallest absolute Gasteiger partial charge is 0.346 e. The van der Waals surface area contributed by atoms with Crippen LogP contribution in [-0.4, -0.2) is 81.7 Å². The Morgan fingerprint density at radius 1 is 1.05 bits per heavy atom. The van der Waals surface area contributed by atoms with E-state index in [9.17, 15) is 35.2 Å². The van der Waals surface area contributed by atoms with Crippen LogP contribution in [0.15, 0.2) is 42.5 Å². The number of pyridine rings is 1. The lowest BCUT2D eigenvalue weighted by Crippen LogP contribution is -2.61. The van der Waals surface area contributed by atoms with E-state index >= 15 is 8.78 Å². The lowest BCUT2D eigenvalue weighted by Gasteiger charge is -2.40. The fourth-order valence-electron chi connectivity index (χ4n) is 8.06. The van der Waals surface area contributed by atoms with Crippen molar-refractivity contribution in [3.8, 4) is 35.3 Å². The number of benzene rings is 2. The van der Waals surface area contributed by atoms with E-state index < -0.39 is 93.5 Å². The van der Waals surface area contributed by atoms with E-state index in [1.54, 1.807) is 18.2 Å². The van der Waals surface area contributed by atoms with Crippen LogP contribution in [0.1, 0.15) is 53.8 Å². The zero-order valence-corrected chi connectivity index (χ0v) is 35.8. The number of terminal acetylenes is 1. The average Bonchev–Trinajstić information content (AvgIpc) is 3.77. The number of alkyl halides is 5. The minimum Gasteiger partial charge on any atom is -0.346 e. The van der Waals surface area contributed by atoms with E-state index in [0.29, 0.717) is 11.6 Å². The first kappa shape index (κ1) is 45.4. The van der Waals surface area contributed by atoms with Crippen molar-refractivity contribution in [3.05, 3.63) is 93.0 Å². The van der Waals surface area contributed by atoms with Gasteiger partial charge in [0.1, 0.15) is 29.6 Å². The fraction of sp³-hybridized carbons (Fsp3) is 0.381. The Bertz CT molecular complexity index is 2850. The lowest BCUT2D eigenvalue weighted by atomic mass is 9.93. The average molecular weight is 918 g/mol. The topological polar surface area (TPSA) is 139 Å². The largest absolute Gasteiger partial charge is 0.435 e. The van der Waals surface area contributed by atoms with Crippen LogP contribution in [0.5, 0.6) is 0 Å². The number of aromatic nitrogens is 5. The quantitative estimate of drug-likeness (QED) is 0.106. The molecule has 0 unspecified atom stereocenters. The number of hydrogen-bond acceptors (Lipinski definition) is 8. The van der Waals surface area contributed by atoms with E-state index in [4.69, 9.17) is 23.0 Å². The van der Waals surface area contributed by atoms with Gasteiger partial charge in [-0.15, -0.1) is 6.42 Å². The van der Waals surface area contributed by atoms with Crippen LogP contribution in [0, 0.1) is 41.7 Å². The van der Waals surface area contributed by atoms with E-state index in [-0.39, 0.29) is 55.0 Å². The van der Waals surface area contributed by atoms with Crippen molar-refractivity contribution in [2.45, 2.75) is 63.0 Å². The fourth-order valence-corrected chi connectivity index (χ4v) is 8.80. The molecule has 2 atom stereocenters. The molecule has 2 aromatic carbocycles. The second-order valence-corrected chi connectivity index (χ2v) is 18.4. The molecular formula is C42H39ClF7N9O3S. The summed E-state index contributed by atoms with van der Waals surface area (Å²) < 4.78 is 132. The van der Waals surface area contributed by atoms with Crippen LogP contribution in [0.4, 0.5) is 36.6 Å². The summed E-state index contributed by atoms with van der Waals surface area (Å²) in [6, 6.07) is 7.60. The first-order chi connectivity index (χ1) is 29.3. The number of nitrogens with one attached hydrogen (secondary N) is 3. The maximum absolute atomic E-state index is 15.6. The molecule has 3 N–H and O–H groups in total. The third-order valence-electron chi connectivity index (χ3n) is 10.6. The lowest BCUT2D eigenvalue weighted by molar-refractivity contribution is -0.142. The van der Waals surface area contributed by atoms with Gasteiger partial charge >= 0.3 is 12.1 Å². The van der Waals surface area contributed by atoms with Crippen molar-refractivity contribution >= 4 is 44.3 Å². The van der Waals surface area contributed by atoms with Gasteiger partial charge in [-0.05, 0) is 75.6 Å². The maximum Gasteiger partial charge on any atom is 0.435 e. The van der Waals surface area contributed by atoms with Crippen LogP contribution in [-0.2, 0) is 53.4 Å². The molecular weight excluding hydrogens is 879 g/mol. The Labute approximate surface area is 362 Å². The summed E-state index contributed by atoms with van der Waals surface area (Å²) in [5.74, 6) is -1.03. The van der Waals surface area contributed by atoms with Crippen LogP contribution in [0.25, 0.3) is 22.0 Å². The molecule has 0 radical (unpaired) electrons. The number of carbonyl (C=O) groups excluding carboxylic acids is 1. The summed E-state index contributed by atoms with van der Waals surface area (Å²) in [5.41, 5.74) is -3.30. The van der Waals surface area contributed by atoms with Crippen molar-refractivity contribution in [1.82, 2.24) is 40.1 Å². The number of sulfonamides is 1. The first-order valence-electron chi connectivity index (χ1n) is 19.2. The molecule has 1 amide bonds. The molecule has 332 valence electrons. The molecule has 2 aliphatic rings. The number of fused-ring (bicyclic) bond motifs is 2. The number of rotatable bonds is 11. The summed E-state index contributed by atoms with van der Waals surface area (Å²) >= 11 is 6.62. The Balaban J connectivity index is 1.39. The summed E-state index contributed by atoms with van der Waals surface area (Å²) in [7, 11) is -0.366. The number of likely N-dealkylation sites (N-methyl/N-ethyl adjacent to an activating group) is 1. The number of likely N-dealkylation sites (tertiary alicyclic amines) is 1. The molecule has 3 aromatic heterocycles. The standard InChI is InChI=1S/C42H39ClF7N9O3S/c1-7-23-17-30-37(42(48,49)50)54-59(38(30)41(23,46)47)21-33(60)52-32(16-22-14-24(44)18-25(45)15-22)35-28(9-8-26(51-35)12-13-40(2,3)53-27-19-57(4)20-27)29-10-11-31(43)34-36(29)58(5)55-39(34)56-63(6,61)62/h1,8-11,14-15,18,23,27,32,53H,16-17,19-21H2,2-6H3,(H,52,60)(H,55,56)/t23-,32+/m1/s1. The highest BCUT2D eigenvalue weighted by Crippen LogP contribution is 2.49. The third kappa shape index (κ3) is 9.50. The van der Waals surface area contributed by atoms with Gasteiger partial charge in [-0.25, -0.2) is 22.2 Å². The zero-order valence-electron chi connectivity index (χ0n) is 34.2. The number of amides is 1. The second-order valence-electron chi connectivity index (χ2n) is 16.2. The predicted molar refractivity (Wildman–Crippen MR) is 221 cm³/mol. The number of carbonyl (C=O) groups is 1. The number of aryl methyl sites for hydroxylation is 1. The van der Waals surface area contributed by atoms with Gasteiger partial charge in [-0.2, -0.15) is 32.1 Å². The molecule has 1 aliphatic carbocycles. The second kappa shape index (κ2) is 16.5. The summed E-state index contributed by atoms with van der Waals surface area (Å²) in [6.07, 6.45) is -0.197. The Morgan fingerprint density at radius 3 is 2.33 bits per heavy atom. The van der Waals surface area contributed by atoms with Crippen molar-refractivity contribution < 1.29 is 43.9 Å². The van der Waals surface area contributed by atoms with Crippen molar-refractivity contribution in [3.63, 3.8) is 0 Å². The number of hydrogen-bond donors (Lipinski definition) is 3. The van der Waals surface area contributed by atoms with Gasteiger partial charge in [-0.3, -0.25) is 24.2 Å². The van der Waals surface area contributed by atoms with Crippen molar-refractivity contribution in [1.29, 1.82) is 0 Å². The van der Waals surface area contributed by atoms with Gasteiger partial charge in [-0.1, -0.05) is 29.5 Å². The van der Waals surface area contributed by atoms with Crippen LogP contribution >= 0.6 is 11.6 Å². The van der Waals surface area contributed by atoms with Gasteiger partial charge in [0.05, 0.1) is 45.4 Å². The molecule has 0 bridgehead atoms. The Kier molecular flexibility index (Phi) is 11.9. The highest BCUT2D eigenvalue weighted by molar-refractivity contribution is 7.92. The molecule has 1 fully saturated rings. The summed E-state index contributed by atoms with van der Waals surface area (Å²) in [4.78, 5) is 21.1. The van der Waals surface area contributed by atoms with Crippen LogP contribution in [0.3, 0.4) is 0 Å². The van der Waals surface area contributed by atoms with E-state index in [1.165, 1.54) is 17.8 Å². The summed E-state index contributed by atoms with van der Waals surface area (Å²) in [5, 5.41) is 14.1. The SMILES string of the molecule is C#C[C@@H]1Cc2c(C(F)(F)F)nn(CC(=O)N[C@@H](Cc3cc(F)cc(F)c3)c3nc(C#CC(C)(C)NC4CN(C)C4)ccc3-c3ccc(Cl)c4c(NS(C)(=O)=O)nn(C)c34)c2C1(F)F. The van der Waals surface area contributed by atoms with Crippen molar-refractivity contribution in [2.75, 3.05) is 31.1 Å². The minimum absolute atomic E-state index is 0.00185. The monoisotopic (exact) mass is 917 g/mol. The van der Waals surface area contributed by atoms with Gasteiger partial charge < -0.3 is 10.2 Å². The van der Waals surface area contributed by atoms with Gasteiger partial charge in [0.2, 0.25) is 15.9 Å². The highest BCUT2D eigenvalue weighted by Gasteiger charge is 2.55. The van der Waals surface area contributed by atoms with E-state index in [2.05, 4.69) is 42.3 Å². The Morgan fingerprint density at radius 2 is 1.71 bits per heavy atom. The number of nitrogens with zero attached hydrogens (tertiary/aromatic N) is 6. The van der Waals surface area contributed by atoms with Gasteiger partial charge in [0.15, 0.2) is 11.5 Å². The minimum atomic E-state index is -5.17. The predicted octanol–water partition coefficient (Wildman–Crippen LogP) is 6.18. The normalized spacial score (nSPS) is 17.1. The molecule has 5 aromatic rings. The van der Waals surface area contributed by atoms with E-state index in [0.717, 1.165) is 31.5 Å². The van der Waals surface area contributed by atoms with E-state index in [1.807, 2.05) is 26.8 Å². The summed E-state index contributed by atoms with van der Waals surface area (Å²) in [6.45, 7) is 4.19. The van der Waals surface area contributed by atoms with Gasteiger partial charge in [0, 0.05) is 48.9 Å². The molecule has 0 spiro atoms. The highest BCUT2D eigenvalue weighted by atomic mass is 35.5. The third-order valence-corrected chi connectivity index (χ3v) is 11.4. The van der Waals surface area contributed by atoms with Crippen LogP contribution < -0.4 is 15.4 Å². The molecule has 63 heavy (non-hydrogen) atoms. The number of halogens is 8. The Hall–Kier alpha value is -5.67. The molecule has 0 saturated carbocycles. The zero-order chi connectivity index (χ0) is 46.0. The van der Waals surface area contributed by atoms with Crippen molar-refractivity contribution in [2.24, 2.45) is 13.0 Å².